The fraction of sp³-hybridized carbons (Fsp3) is 1.00. The average Bonchev–Trinajstić information content (AvgIpc) is 2.14. The van der Waals surface area contributed by atoms with Gasteiger partial charge in [-0.15, -0.1) is 0 Å². The monoisotopic (exact) mass is 213 g/mol. The largest absolute Gasteiger partial charge is 0.380 e. The quantitative estimate of drug-likeness (QED) is 0.626. The minimum Gasteiger partial charge on any atom is -0.380 e. The van der Waals surface area contributed by atoms with E-state index >= 15 is 0 Å². The Morgan fingerprint density at radius 2 is 2.07 bits per heavy atom. The summed E-state index contributed by atoms with van der Waals surface area (Å²) in [7, 11) is 0. The maximum Gasteiger partial charge on any atom is 0.0591 e. The molecule has 0 aromatic rings. The number of hydrogen-bond acceptors (Lipinski definition) is 2. The number of hydrogen-bond donors (Lipinski definition) is 1. The third-order valence-corrected chi connectivity index (χ3v) is 3.54. The summed E-state index contributed by atoms with van der Waals surface area (Å²) in [6.07, 6.45) is 5.60. The van der Waals surface area contributed by atoms with Crippen LogP contribution in [0.25, 0.3) is 0 Å². The summed E-state index contributed by atoms with van der Waals surface area (Å²) in [5.74, 6) is 0.651. The highest BCUT2D eigenvalue weighted by molar-refractivity contribution is 4.88. The molecule has 1 rings (SSSR count). The average molecular weight is 213 g/mol. The Balaban J connectivity index is 1.92. The summed E-state index contributed by atoms with van der Waals surface area (Å²) >= 11 is 0. The van der Waals surface area contributed by atoms with Gasteiger partial charge < -0.3 is 10.1 Å². The lowest BCUT2D eigenvalue weighted by molar-refractivity contribution is 0.0956. The van der Waals surface area contributed by atoms with Crippen LogP contribution < -0.4 is 5.32 Å². The second kappa shape index (κ2) is 6.49. The van der Waals surface area contributed by atoms with Crippen LogP contribution in [0.1, 0.15) is 46.5 Å². The Labute approximate surface area is 94.8 Å². The molecule has 2 nitrogen and oxygen atoms in total. The van der Waals surface area contributed by atoms with Crippen LogP contribution in [0.2, 0.25) is 0 Å². The first-order valence-electron chi connectivity index (χ1n) is 6.47. The van der Waals surface area contributed by atoms with Crippen molar-refractivity contribution in [1.82, 2.24) is 5.32 Å². The molecule has 15 heavy (non-hydrogen) atoms. The van der Waals surface area contributed by atoms with E-state index in [4.69, 9.17) is 4.74 Å². The van der Waals surface area contributed by atoms with Crippen LogP contribution in [0, 0.1) is 11.3 Å². The third kappa shape index (κ3) is 4.52. The first kappa shape index (κ1) is 13.0. The van der Waals surface area contributed by atoms with E-state index in [9.17, 15) is 0 Å². The SMILES string of the molecule is CCC1(CNCCOCC(C)C)CCC1. The van der Waals surface area contributed by atoms with Crippen LogP contribution in [-0.2, 0) is 4.74 Å². The third-order valence-electron chi connectivity index (χ3n) is 3.54. The van der Waals surface area contributed by atoms with Crippen molar-refractivity contribution < 1.29 is 4.74 Å². The standard InChI is InChI=1S/C13H27NO/c1-4-13(6-5-7-13)11-14-8-9-15-10-12(2)3/h12,14H,4-11H2,1-3H3. The Hall–Kier alpha value is -0.0800. The van der Waals surface area contributed by atoms with E-state index in [0.717, 1.165) is 19.8 Å². The lowest BCUT2D eigenvalue weighted by Crippen LogP contribution is -2.40. The van der Waals surface area contributed by atoms with Crippen LogP contribution in [-0.4, -0.2) is 26.3 Å². The number of nitrogens with one attached hydrogen (secondary N) is 1. The lowest BCUT2D eigenvalue weighted by Gasteiger charge is -2.41. The molecule has 0 aromatic heterocycles. The maximum absolute atomic E-state index is 5.53. The first-order valence-corrected chi connectivity index (χ1v) is 6.47. The van der Waals surface area contributed by atoms with Gasteiger partial charge >= 0.3 is 0 Å². The summed E-state index contributed by atoms with van der Waals surface area (Å²) in [5, 5.41) is 3.53. The topological polar surface area (TPSA) is 21.3 Å². The highest BCUT2D eigenvalue weighted by Crippen LogP contribution is 2.42. The zero-order valence-electron chi connectivity index (χ0n) is 10.6. The molecule has 1 fully saturated rings. The molecule has 90 valence electrons. The van der Waals surface area contributed by atoms with Crippen molar-refractivity contribution in [2.24, 2.45) is 11.3 Å². The minimum absolute atomic E-state index is 0.637. The van der Waals surface area contributed by atoms with Crippen LogP contribution in [0.4, 0.5) is 0 Å². The van der Waals surface area contributed by atoms with Crippen LogP contribution >= 0.6 is 0 Å². The van der Waals surface area contributed by atoms with Crippen molar-refractivity contribution >= 4 is 0 Å². The Kier molecular flexibility index (Phi) is 5.62. The van der Waals surface area contributed by atoms with Crippen molar-refractivity contribution in [3.63, 3.8) is 0 Å². The van der Waals surface area contributed by atoms with Crippen molar-refractivity contribution in [3.05, 3.63) is 0 Å². The van der Waals surface area contributed by atoms with E-state index < -0.39 is 0 Å². The normalized spacial score (nSPS) is 19.2. The summed E-state index contributed by atoms with van der Waals surface area (Å²) < 4.78 is 5.53. The molecule has 2 heteroatoms. The van der Waals surface area contributed by atoms with Crippen LogP contribution in [0.15, 0.2) is 0 Å². The molecule has 1 N–H and O–H groups in total. The van der Waals surface area contributed by atoms with Gasteiger partial charge in [0.2, 0.25) is 0 Å². The van der Waals surface area contributed by atoms with Crippen LogP contribution in [0.3, 0.4) is 0 Å². The fourth-order valence-corrected chi connectivity index (χ4v) is 2.15. The van der Waals surface area contributed by atoms with E-state index in [-0.39, 0.29) is 0 Å². The van der Waals surface area contributed by atoms with Crippen molar-refractivity contribution in [3.8, 4) is 0 Å². The molecular weight excluding hydrogens is 186 g/mol. The molecule has 0 amide bonds. The maximum atomic E-state index is 5.53. The lowest BCUT2D eigenvalue weighted by atomic mass is 9.67. The van der Waals surface area contributed by atoms with Crippen LogP contribution in [0.5, 0.6) is 0 Å². The second-order valence-corrected chi connectivity index (χ2v) is 5.35. The molecule has 0 bridgehead atoms. The molecule has 0 heterocycles. The van der Waals surface area contributed by atoms with Gasteiger partial charge in [0, 0.05) is 19.7 Å². The van der Waals surface area contributed by atoms with Gasteiger partial charge in [0.05, 0.1) is 6.61 Å². The zero-order chi connectivity index (χ0) is 11.1. The van der Waals surface area contributed by atoms with E-state index in [0.29, 0.717) is 11.3 Å². The smallest absolute Gasteiger partial charge is 0.0591 e. The Bertz CT molecular complexity index is 158. The predicted octanol–water partition coefficient (Wildman–Crippen LogP) is 2.83. The highest BCUT2D eigenvalue weighted by atomic mass is 16.5. The van der Waals surface area contributed by atoms with Gasteiger partial charge in [0.1, 0.15) is 0 Å². The molecule has 0 unspecified atom stereocenters. The molecular formula is C13H27NO. The zero-order valence-corrected chi connectivity index (χ0v) is 10.6. The van der Waals surface area contributed by atoms with Crippen molar-refractivity contribution in [2.45, 2.75) is 46.5 Å². The summed E-state index contributed by atoms with van der Waals surface area (Å²) in [6, 6.07) is 0. The van der Waals surface area contributed by atoms with Gasteiger partial charge in [-0.05, 0) is 30.6 Å². The summed E-state index contributed by atoms with van der Waals surface area (Å²) in [6.45, 7) is 10.6. The van der Waals surface area contributed by atoms with E-state index in [1.54, 1.807) is 0 Å². The molecule has 1 saturated carbocycles. The molecule has 0 spiro atoms. The predicted molar refractivity (Wildman–Crippen MR) is 65.1 cm³/mol. The minimum atomic E-state index is 0.637. The fourth-order valence-electron chi connectivity index (χ4n) is 2.15. The number of ether oxygens (including phenoxy) is 1. The van der Waals surface area contributed by atoms with Crippen molar-refractivity contribution in [2.75, 3.05) is 26.3 Å². The molecule has 1 aliphatic carbocycles. The van der Waals surface area contributed by atoms with Gasteiger partial charge in [0.25, 0.3) is 0 Å². The highest BCUT2D eigenvalue weighted by Gasteiger charge is 2.34. The first-order chi connectivity index (χ1) is 7.18. The Morgan fingerprint density at radius 3 is 2.53 bits per heavy atom. The summed E-state index contributed by atoms with van der Waals surface area (Å²) in [5.41, 5.74) is 0.637. The van der Waals surface area contributed by atoms with Crippen molar-refractivity contribution in [1.29, 1.82) is 0 Å². The van der Waals surface area contributed by atoms with E-state index in [1.807, 2.05) is 0 Å². The molecule has 0 atom stereocenters. The molecule has 0 radical (unpaired) electrons. The Morgan fingerprint density at radius 1 is 1.33 bits per heavy atom. The van der Waals surface area contributed by atoms with Gasteiger partial charge in [-0.25, -0.2) is 0 Å². The van der Waals surface area contributed by atoms with Gasteiger partial charge in [-0.2, -0.15) is 0 Å². The van der Waals surface area contributed by atoms with Gasteiger partial charge in [-0.1, -0.05) is 27.2 Å². The van der Waals surface area contributed by atoms with Gasteiger partial charge in [-0.3, -0.25) is 0 Å². The molecule has 0 aliphatic heterocycles. The van der Waals surface area contributed by atoms with Gasteiger partial charge in [0.15, 0.2) is 0 Å². The number of rotatable bonds is 8. The summed E-state index contributed by atoms with van der Waals surface area (Å²) in [4.78, 5) is 0. The second-order valence-electron chi connectivity index (χ2n) is 5.35. The van der Waals surface area contributed by atoms with E-state index in [1.165, 1.54) is 32.2 Å². The van der Waals surface area contributed by atoms with E-state index in [2.05, 4.69) is 26.1 Å². The molecule has 0 saturated heterocycles. The molecule has 1 aliphatic rings. The molecule has 0 aromatic carbocycles.